The van der Waals surface area contributed by atoms with Crippen molar-refractivity contribution in [2.75, 3.05) is 0 Å². The van der Waals surface area contributed by atoms with E-state index in [-0.39, 0.29) is 11.5 Å². The van der Waals surface area contributed by atoms with Crippen LogP contribution in [0.25, 0.3) is 0 Å². The highest BCUT2D eigenvalue weighted by atomic mass is 35.5. The fraction of sp³-hybridized carbons (Fsp3) is 0.471. The fourth-order valence-electron chi connectivity index (χ4n) is 3.44. The van der Waals surface area contributed by atoms with E-state index in [9.17, 15) is 0 Å². The first-order valence-corrected chi connectivity index (χ1v) is 8.09. The molecule has 1 aromatic carbocycles. The van der Waals surface area contributed by atoms with E-state index < -0.39 is 0 Å². The first-order chi connectivity index (χ1) is 10.2. The molecule has 1 atom stereocenters. The monoisotopic (exact) mass is 303 g/mol. The smallest absolute Gasteiger partial charge is 0.0834 e. The van der Waals surface area contributed by atoms with E-state index in [1.54, 1.807) is 6.20 Å². The molecule has 0 saturated heterocycles. The van der Waals surface area contributed by atoms with Crippen molar-refractivity contribution < 1.29 is 0 Å². The Morgan fingerprint density at radius 2 is 2.05 bits per heavy atom. The van der Waals surface area contributed by atoms with Crippen LogP contribution in [0.2, 0.25) is 5.02 Å². The Labute approximate surface area is 131 Å². The van der Waals surface area contributed by atoms with Gasteiger partial charge in [-0.2, -0.15) is 5.10 Å². The minimum atomic E-state index is -0.102. The lowest BCUT2D eigenvalue weighted by molar-refractivity contribution is 0.190. The van der Waals surface area contributed by atoms with Gasteiger partial charge in [-0.15, -0.1) is 0 Å². The topological polar surface area (TPSA) is 43.8 Å². The molecule has 4 heteroatoms. The summed E-state index contributed by atoms with van der Waals surface area (Å²) in [5.74, 6) is 0. The first-order valence-electron chi connectivity index (χ1n) is 7.71. The molecule has 2 N–H and O–H groups in total. The van der Waals surface area contributed by atoms with E-state index in [1.807, 2.05) is 4.68 Å². The van der Waals surface area contributed by atoms with Crippen LogP contribution in [0, 0.1) is 0 Å². The van der Waals surface area contributed by atoms with Gasteiger partial charge in [0.25, 0.3) is 0 Å². The van der Waals surface area contributed by atoms with Crippen LogP contribution in [0.3, 0.4) is 0 Å². The van der Waals surface area contributed by atoms with Crippen LogP contribution in [0.4, 0.5) is 0 Å². The van der Waals surface area contributed by atoms with Crippen LogP contribution in [0.1, 0.15) is 49.9 Å². The average Bonchev–Trinajstić information content (AvgIpc) is 2.80. The third kappa shape index (κ3) is 2.39. The van der Waals surface area contributed by atoms with Crippen LogP contribution < -0.4 is 5.73 Å². The lowest BCUT2D eigenvalue weighted by Gasteiger charge is -2.47. The van der Waals surface area contributed by atoms with E-state index in [4.69, 9.17) is 17.3 Å². The van der Waals surface area contributed by atoms with Crippen LogP contribution in [0.15, 0.2) is 36.5 Å². The number of hydrogen-bond acceptors (Lipinski definition) is 2. The third-order valence-corrected chi connectivity index (χ3v) is 5.04. The first kappa shape index (κ1) is 14.6. The second-order valence-corrected chi connectivity index (χ2v) is 6.36. The molecule has 1 aliphatic carbocycles. The second-order valence-electron chi connectivity index (χ2n) is 5.95. The van der Waals surface area contributed by atoms with Gasteiger partial charge in [0.15, 0.2) is 0 Å². The predicted octanol–water partition coefficient (Wildman–Crippen LogP) is 4.07. The molecule has 3 rings (SSSR count). The van der Waals surface area contributed by atoms with Crippen molar-refractivity contribution in [2.24, 2.45) is 5.73 Å². The van der Waals surface area contributed by atoms with Gasteiger partial charge in [-0.25, -0.2) is 0 Å². The summed E-state index contributed by atoms with van der Waals surface area (Å²) in [5, 5.41) is 5.09. The molecule has 0 bridgehead atoms. The predicted molar refractivity (Wildman–Crippen MR) is 86.4 cm³/mol. The highest BCUT2D eigenvalue weighted by Gasteiger charge is 2.46. The number of halogens is 1. The maximum absolute atomic E-state index is 6.70. The molecule has 21 heavy (non-hydrogen) atoms. The molecule has 1 heterocycles. The van der Waals surface area contributed by atoms with Crippen LogP contribution in [-0.2, 0) is 12.0 Å². The Morgan fingerprint density at radius 1 is 1.33 bits per heavy atom. The van der Waals surface area contributed by atoms with Crippen LogP contribution in [-0.4, -0.2) is 9.78 Å². The van der Waals surface area contributed by atoms with Gasteiger partial charge < -0.3 is 5.73 Å². The number of nitrogens with two attached hydrogens (primary N) is 1. The Morgan fingerprint density at radius 3 is 2.62 bits per heavy atom. The number of nitrogens with zero attached hydrogens (tertiary/aromatic N) is 2. The summed E-state index contributed by atoms with van der Waals surface area (Å²) in [6.45, 7) is 3.00. The average molecular weight is 304 g/mol. The maximum atomic E-state index is 6.70. The number of aromatic nitrogens is 2. The van der Waals surface area contributed by atoms with E-state index in [2.05, 4.69) is 42.4 Å². The summed E-state index contributed by atoms with van der Waals surface area (Å²) < 4.78 is 1.98. The maximum Gasteiger partial charge on any atom is 0.0834 e. The zero-order valence-corrected chi connectivity index (χ0v) is 13.2. The number of aryl methyl sites for hydroxylation is 1. The summed E-state index contributed by atoms with van der Waals surface area (Å²) in [6, 6.07) is 10.5. The van der Waals surface area contributed by atoms with Crippen molar-refractivity contribution in [1.82, 2.24) is 9.78 Å². The van der Waals surface area contributed by atoms with Gasteiger partial charge in [0.05, 0.1) is 23.0 Å². The second kappa shape index (κ2) is 5.82. The number of hydrogen-bond donors (Lipinski definition) is 1. The van der Waals surface area contributed by atoms with Crippen LogP contribution in [0.5, 0.6) is 0 Å². The largest absolute Gasteiger partial charge is 0.322 e. The van der Waals surface area contributed by atoms with Gasteiger partial charge >= 0.3 is 0 Å². The van der Waals surface area contributed by atoms with Crippen molar-refractivity contribution in [3.05, 3.63) is 52.8 Å². The van der Waals surface area contributed by atoms with E-state index in [0.29, 0.717) is 5.02 Å². The molecule has 1 aliphatic rings. The Kier molecular flexibility index (Phi) is 4.05. The Balaban J connectivity index is 2.00. The zero-order chi connectivity index (χ0) is 14.9. The van der Waals surface area contributed by atoms with Crippen molar-refractivity contribution in [3.63, 3.8) is 0 Å². The zero-order valence-electron chi connectivity index (χ0n) is 12.4. The molecule has 1 aromatic heterocycles. The van der Waals surface area contributed by atoms with E-state index in [1.165, 1.54) is 12.0 Å². The van der Waals surface area contributed by atoms with Crippen molar-refractivity contribution >= 4 is 11.6 Å². The molecule has 1 fully saturated rings. The summed E-state index contributed by atoms with van der Waals surface area (Å²) in [6.07, 6.45) is 6.21. The summed E-state index contributed by atoms with van der Waals surface area (Å²) in [7, 11) is 0. The van der Waals surface area contributed by atoms with E-state index >= 15 is 0 Å². The fourth-order valence-corrected chi connectivity index (χ4v) is 3.70. The molecule has 1 saturated carbocycles. The standard InChI is InChI=1S/C17H22ClN3/c1-2-11-21-15(14(18)12-20-21)16(19)17(9-6-10-17)13-7-4-3-5-8-13/h3-5,7-8,12,16H,2,6,9-11,19H2,1H3. The van der Waals surface area contributed by atoms with Gasteiger partial charge in [-0.05, 0) is 24.8 Å². The summed E-state index contributed by atoms with van der Waals surface area (Å²) >= 11 is 6.39. The van der Waals surface area contributed by atoms with E-state index in [0.717, 1.165) is 31.5 Å². The van der Waals surface area contributed by atoms with Gasteiger partial charge in [0.1, 0.15) is 0 Å². The summed E-state index contributed by atoms with van der Waals surface area (Å²) in [4.78, 5) is 0. The Hall–Kier alpha value is -1.32. The SMILES string of the molecule is CCCn1ncc(Cl)c1C(N)C1(c2ccccc2)CCC1. The molecular formula is C17H22ClN3. The van der Waals surface area contributed by atoms with Gasteiger partial charge in [-0.1, -0.05) is 55.3 Å². The summed E-state index contributed by atoms with van der Waals surface area (Å²) in [5.41, 5.74) is 9.02. The third-order valence-electron chi connectivity index (χ3n) is 4.75. The lowest BCUT2D eigenvalue weighted by Crippen LogP contribution is -2.45. The highest BCUT2D eigenvalue weighted by molar-refractivity contribution is 6.31. The minimum absolute atomic E-state index is 0.0103. The molecule has 2 aromatic rings. The van der Waals surface area contributed by atoms with Crippen LogP contribution >= 0.6 is 11.6 Å². The van der Waals surface area contributed by atoms with Crippen molar-refractivity contribution in [1.29, 1.82) is 0 Å². The Bertz CT molecular complexity index is 602. The molecule has 0 aliphatic heterocycles. The van der Waals surface area contributed by atoms with Gasteiger partial charge in [-0.3, -0.25) is 4.68 Å². The normalized spacial score (nSPS) is 18.2. The minimum Gasteiger partial charge on any atom is -0.322 e. The molecule has 0 amide bonds. The molecule has 0 spiro atoms. The van der Waals surface area contributed by atoms with Gasteiger partial charge in [0, 0.05) is 12.0 Å². The molecular weight excluding hydrogens is 282 g/mol. The molecule has 0 radical (unpaired) electrons. The van der Waals surface area contributed by atoms with Gasteiger partial charge in [0.2, 0.25) is 0 Å². The molecule has 112 valence electrons. The molecule has 1 unspecified atom stereocenters. The number of benzene rings is 1. The quantitative estimate of drug-likeness (QED) is 0.905. The highest BCUT2D eigenvalue weighted by Crippen LogP contribution is 2.51. The lowest BCUT2D eigenvalue weighted by atomic mass is 9.59. The van der Waals surface area contributed by atoms with Crippen molar-refractivity contribution in [2.45, 2.75) is 50.6 Å². The van der Waals surface area contributed by atoms with Crippen molar-refractivity contribution in [3.8, 4) is 0 Å². The number of rotatable bonds is 5. The molecule has 3 nitrogen and oxygen atoms in total.